The van der Waals surface area contributed by atoms with Gasteiger partial charge in [-0.15, -0.1) is 12.4 Å². The molecule has 2 heterocycles. The molecule has 2 aliphatic heterocycles. The van der Waals surface area contributed by atoms with Crippen LogP contribution in [0.25, 0.3) is 0 Å². The fraction of sp³-hybridized carbons (Fsp3) is 0.882. The van der Waals surface area contributed by atoms with E-state index in [9.17, 15) is 9.59 Å². The summed E-state index contributed by atoms with van der Waals surface area (Å²) < 4.78 is 0. The fourth-order valence-electron chi connectivity index (χ4n) is 3.74. The lowest BCUT2D eigenvalue weighted by atomic mass is 9.85. The molecular formula is C17H30ClN3O2. The third-order valence-electron chi connectivity index (χ3n) is 5.42. The SMILES string of the molecule is Cl.O=C(CC1NCCN(CC2CCC2)C1=O)N1CCCCCC1. The Balaban J connectivity index is 0.00000192. The van der Waals surface area contributed by atoms with Gasteiger partial charge in [-0.3, -0.25) is 9.59 Å². The maximum Gasteiger partial charge on any atom is 0.240 e. The number of piperazine rings is 1. The van der Waals surface area contributed by atoms with Crippen LogP contribution in [0.15, 0.2) is 0 Å². The van der Waals surface area contributed by atoms with Crippen LogP contribution in [-0.4, -0.2) is 60.4 Å². The first-order valence-electron chi connectivity index (χ1n) is 9.04. The van der Waals surface area contributed by atoms with Gasteiger partial charge < -0.3 is 15.1 Å². The van der Waals surface area contributed by atoms with Crippen LogP contribution in [0, 0.1) is 5.92 Å². The molecule has 3 fully saturated rings. The van der Waals surface area contributed by atoms with Crippen molar-refractivity contribution in [2.75, 3.05) is 32.7 Å². The number of nitrogens with one attached hydrogen (secondary N) is 1. The molecular weight excluding hydrogens is 314 g/mol. The highest BCUT2D eigenvalue weighted by Crippen LogP contribution is 2.27. The van der Waals surface area contributed by atoms with Crippen molar-refractivity contribution in [3.05, 3.63) is 0 Å². The van der Waals surface area contributed by atoms with Gasteiger partial charge in [0.1, 0.15) is 0 Å². The molecule has 6 heteroatoms. The molecule has 0 spiro atoms. The zero-order chi connectivity index (χ0) is 15.4. The van der Waals surface area contributed by atoms with Crippen molar-refractivity contribution in [2.24, 2.45) is 5.92 Å². The molecule has 132 valence electrons. The summed E-state index contributed by atoms with van der Waals surface area (Å²) in [6, 6.07) is -0.301. The molecule has 2 amide bonds. The Morgan fingerprint density at radius 2 is 1.74 bits per heavy atom. The summed E-state index contributed by atoms with van der Waals surface area (Å²) in [6.07, 6.45) is 8.81. The van der Waals surface area contributed by atoms with Gasteiger partial charge in [0, 0.05) is 32.7 Å². The molecule has 23 heavy (non-hydrogen) atoms. The predicted octanol–water partition coefficient (Wildman–Crippen LogP) is 1.80. The Bertz CT molecular complexity index is 407. The Labute approximate surface area is 145 Å². The van der Waals surface area contributed by atoms with Crippen molar-refractivity contribution in [3.63, 3.8) is 0 Å². The molecule has 0 radical (unpaired) electrons. The average Bonchev–Trinajstić information content (AvgIpc) is 2.75. The van der Waals surface area contributed by atoms with E-state index in [4.69, 9.17) is 0 Å². The Hall–Kier alpha value is -0.810. The first-order chi connectivity index (χ1) is 10.7. The smallest absolute Gasteiger partial charge is 0.240 e. The molecule has 5 nitrogen and oxygen atoms in total. The second-order valence-electron chi connectivity index (χ2n) is 7.09. The lowest BCUT2D eigenvalue weighted by molar-refractivity contribution is -0.141. The minimum Gasteiger partial charge on any atom is -0.343 e. The van der Waals surface area contributed by atoms with Crippen molar-refractivity contribution in [1.82, 2.24) is 15.1 Å². The summed E-state index contributed by atoms with van der Waals surface area (Å²) in [5.74, 6) is 0.989. The van der Waals surface area contributed by atoms with Gasteiger partial charge in [-0.2, -0.15) is 0 Å². The topological polar surface area (TPSA) is 52.7 Å². The Morgan fingerprint density at radius 3 is 2.35 bits per heavy atom. The van der Waals surface area contributed by atoms with Crippen LogP contribution in [0.4, 0.5) is 0 Å². The number of halogens is 1. The van der Waals surface area contributed by atoms with Crippen LogP contribution in [0.2, 0.25) is 0 Å². The quantitative estimate of drug-likeness (QED) is 0.847. The van der Waals surface area contributed by atoms with E-state index < -0.39 is 0 Å². The zero-order valence-electron chi connectivity index (χ0n) is 14.0. The van der Waals surface area contributed by atoms with E-state index in [1.165, 1.54) is 32.1 Å². The molecule has 3 rings (SSSR count). The molecule has 0 aromatic carbocycles. The highest BCUT2D eigenvalue weighted by Gasteiger charge is 2.33. The second kappa shape index (κ2) is 8.88. The summed E-state index contributed by atoms with van der Waals surface area (Å²) in [6.45, 7) is 4.24. The van der Waals surface area contributed by atoms with Gasteiger partial charge in [0.05, 0.1) is 12.5 Å². The van der Waals surface area contributed by atoms with Gasteiger partial charge >= 0.3 is 0 Å². The monoisotopic (exact) mass is 343 g/mol. The van der Waals surface area contributed by atoms with Crippen molar-refractivity contribution in [1.29, 1.82) is 0 Å². The molecule has 1 N–H and O–H groups in total. The molecule has 3 aliphatic rings. The third-order valence-corrected chi connectivity index (χ3v) is 5.42. The van der Waals surface area contributed by atoms with Crippen LogP contribution in [0.1, 0.15) is 51.4 Å². The van der Waals surface area contributed by atoms with Gasteiger partial charge in [-0.1, -0.05) is 19.3 Å². The number of hydrogen-bond donors (Lipinski definition) is 1. The van der Waals surface area contributed by atoms with E-state index in [-0.39, 0.29) is 30.3 Å². The first-order valence-corrected chi connectivity index (χ1v) is 9.04. The van der Waals surface area contributed by atoms with Crippen molar-refractivity contribution < 1.29 is 9.59 Å². The van der Waals surface area contributed by atoms with Gasteiger partial charge in [0.15, 0.2) is 0 Å². The largest absolute Gasteiger partial charge is 0.343 e. The molecule has 0 aromatic rings. The molecule has 0 bridgehead atoms. The maximum atomic E-state index is 12.6. The van der Waals surface area contributed by atoms with Crippen molar-refractivity contribution in [3.8, 4) is 0 Å². The van der Waals surface area contributed by atoms with Gasteiger partial charge in [0.25, 0.3) is 0 Å². The molecule has 0 aromatic heterocycles. The van der Waals surface area contributed by atoms with Gasteiger partial charge in [-0.25, -0.2) is 0 Å². The zero-order valence-corrected chi connectivity index (χ0v) is 14.8. The van der Waals surface area contributed by atoms with E-state index >= 15 is 0 Å². The number of likely N-dealkylation sites (tertiary alicyclic amines) is 1. The minimum atomic E-state index is -0.301. The van der Waals surface area contributed by atoms with E-state index in [0.29, 0.717) is 12.3 Å². The minimum absolute atomic E-state index is 0. The Morgan fingerprint density at radius 1 is 1.04 bits per heavy atom. The summed E-state index contributed by atoms with van der Waals surface area (Å²) in [5, 5.41) is 3.26. The van der Waals surface area contributed by atoms with Gasteiger partial charge in [-0.05, 0) is 31.6 Å². The number of hydrogen-bond acceptors (Lipinski definition) is 3. The van der Waals surface area contributed by atoms with E-state index in [1.54, 1.807) is 0 Å². The van der Waals surface area contributed by atoms with E-state index in [2.05, 4.69) is 5.32 Å². The maximum absolute atomic E-state index is 12.6. The van der Waals surface area contributed by atoms with Crippen LogP contribution < -0.4 is 5.32 Å². The van der Waals surface area contributed by atoms with Crippen LogP contribution in [0.3, 0.4) is 0 Å². The molecule has 1 aliphatic carbocycles. The average molecular weight is 344 g/mol. The highest BCUT2D eigenvalue weighted by molar-refractivity contribution is 5.89. The van der Waals surface area contributed by atoms with Crippen molar-refractivity contribution >= 4 is 24.2 Å². The van der Waals surface area contributed by atoms with Gasteiger partial charge in [0.2, 0.25) is 11.8 Å². The number of amides is 2. The molecule has 1 atom stereocenters. The standard InChI is InChI=1S/C17H29N3O2.ClH/c21-16(19-9-3-1-2-4-10-19)12-15-17(22)20(11-8-18-15)13-14-6-5-7-14;/h14-15,18H,1-13H2;1H. The first kappa shape index (κ1) is 18.5. The fourth-order valence-corrected chi connectivity index (χ4v) is 3.74. The lowest BCUT2D eigenvalue weighted by Gasteiger charge is -2.38. The Kier molecular flexibility index (Phi) is 7.15. The lowest BCUT2D eigenvalue weighted by Crippen LogP contribution is -2.57. The molecule has 1 saturated carbocycles. The number of carbonyl (C=O) groups is 2. The normalized spacial score (nSPS) is 26.3. The number of carbonyl (C=O) groups excluding carboxylic acids is 2. The summed E-state index contributed by atoms with van der Waals surface area (Å²) in [7, 11) is 0. The predicted molar refractivity (Wildman–Crippen MR) is 92.6 cm³/mol. The van der Waals surface area contributed by atoms with Crippen LogP contribution >= 0.6 is 12.4 Å². The third kappa shape index (κ3) is 4.83. The number of rotatable bonds is 4. The van der Waals surface area contributed by atoms with Crippen LogP contribution in [0.5, 0.6) is 0 Å². The highest BCUT2D eigenvalue weighted by atomic mass is 35.5. The number of nitrogens with zero attached hydrogens (tertiary/aromatic N) is 2. The van der Waals surface area contributed by atoms with Crippen molar-refractivity contribution in [2.45, 2.75) is 57.4 Å². The summed E-state index contributed by atoms with van der Waals surface area (Å²) in [4.78, 5) is 29.0. The molecule has 2 saturated heterocycles. The van der Waals surface area contributed by atoms with Crippen LogP contribution in [-0.2, 0) is 9.59 Å². The summed E-state index contributed by atoms with van der Waals surface area (Å²) in [5.41, 5.74) is 0. The van der Waals surface area contributed by atoms with E-state index in [0.717, 1.165) is 45.6 Å². The summed E-state index contributed by atoms with van der Waals surface area (Å²) >= 11 is 0. The second-order valence-corrected chi connectivity index (χ2v) is 7.09. The van der Waals surface area contributed by atoms with E-state index in [1.807, 2.05) is 9.80 Å². The molecule has 1 unspecified atom stereocenters.